The van der Waals surface area contributed by atoms with Gasteiger partial charge in [0, 0.05) is 5.56 Å². The van der Waals surface area contributed by atoms with Gasteiger partial charge >= 0.3 is 5.97 Å². The van der Waals surface area contributed by atoms with Gasteiger partial charge in [0.2, 0.25) is 0 Å². The minimum Gasteiger partial charge on any atom is -0.478 e. The zero-order valence-electron chi connectivity index (χ0n) is 13.8. The van der Waals surface area contributed by atoms with Crippen LogP contribution in [0.3, 0.4) is 0 Å². The number of aromatic carboxylic acids is 1. The molecule has 0 unspecified atom stereocenters. The molecule has 0 spiro atoms. The quantitative estimate of drug-likeness (QED) is 0.719. The van der Waals surface area contributed by atoms with Crippen LogP contribution in [0, 0.1) is 5.92 Å². The molecule has 0 aliphatic rings. The Morgan fingerprint density at radius 3 is 2.50 bits per heavy atom. The topological polar surface area (TPSA) is 66.0 Å². The van der Waals surface area contributed by atoms with Crippen LogP contribution in [-0.4, -0.2) is 21.3 Å². The molecule has 0 aliphatic heterocycles. The maximum atomic E-state index is 11.1. The summed E-state index contributed by atoms with van der Waals surface area (Å²) in [7, 11) is 0. The fraction of sp³-hybridized carbons (Fsp3) is 0.200. The van der Waals surface area contributed by atoms with Crippen molar-refractivity contribution >= 4 is 5.97 Å². The summed E-state index contributed by atoms with van der Waals surface area (Å²) in [5.74, 6) is -0.301. The Bertz CT molecular complexity index is 848. The largest absolute Gasteiger partial charge is 0.478 e. The van der Waals surface area contributed by atoms with E-state index in [4.69, 9.17) is 5.11 Å². The first-order chi connectivity index (χ1) is 11.5. The standard InChI is InChI=1S/C20H20N2O2/c1-13(2)10-14-6-8-15(9-7-14)18-12-19(22-21-18)16-4-3-5-17(11-16)20(23)24/h3-9,11-13H,10H2,1-2H3,(H,21,22)(H,23,24). The van der Waals surface area contributed by atoms with Gasteiger partial charge in [-0.25, -0.2) is 4.79 Å². The van der Waals surface area contributed by atoms with Crippen molar-refractivity contribution in [3.05, 3.63) is 65.7 Å². The second-order valence-corrected chi connectivity index (χ2v) is 6.35. The third-order valence-electron chi connectivity index (χ3n) is 3.89. The van der Waals surface area contributed by atoms with Gasteiger partial charge in [0.25, 0.3) is 0 Å². The van der Waals surface area contributed by atoms with Crippen molar-refractivity contribution in [2.75, 3.05) is 0 Å². The Hall–Kier alpha value is -2.88. The molecule has 2 aromatic carbocycles. The summed E-state index contributed by atoms with van der Waals surface area (Å²) in [5, 5.41) is 16.4. The Labute approximate surface area is 141 Å². The van der Waals surface area contributed by atoms with Gasteiger partial charge in [0.1, 0.15) is 0 Å². The van der Waals surface area contributed by atoms with Gasteiger partial charge in [0.05, 0.1) is 17.0 Å². The van der Waals surface area contributed by atoms with Gasteiger partial charge in [-0.2, -0.15) is 5.10 Å². The van der Waals surface area contributed by atoms with E-state index in [1.165, 1.54) is 5.56 Å². The highest BCUT2D eigenvalue weighted by molar-refractivity contribution is 5.89. The Morgan fingerprint density at radius 1 is 1.08 bits per heavy atom. The third kappa shape index (κ3) is 3.54. The number of rotatable bonds is 5. The molecule has 3 aromatic rings. The normalized spacial score (nSPS) is 11.0. The number of aromatic nitrogens is 2. The van der Waals surface area contributed by atoms with E-state index in [1.54, 1.807) is 18.2 Å². The molecule has 0 bridgehead atoms. The molecule has 1 aromatic heterocycles. The van der Waals surface area contributed by atoms with Crippen LogP contribution in [-0.2, 0) is 6.42 Å². The Balaban J connectivity index is 1.85. The molecule has 122 valence electrons. The van der Waals surface area contributed by atoms with E-state index in [0.717, 1.165) is 28.9 Å². The zero-order chi connectivity index (χ0) is 17.1. The minimum atomic E-state index is -0.937. The molecule has 0 amide bonds. The number of H-pyrrole nitrogens is 1. The molecule has 1 heterocycles. The molecule has 0 saturated carbocycles. The number of carbonyl (C=O) groups is 1. The van der Waals surface area contributed by atoms with Crippen LogP contribution in [0.4, 0.5) is 0 Å². The van der Waals surface area contributed by atoms with Crippen molar-refractivity contribution in [1.82, 2.24) is 10.2 Å². The molecule has 0 aliphatic carbocycles. The van der Waals surface area contributed by atoms with Crippen molar-refractivity contribution in [1.29, 1.82) is 0 Å². The first kappa shape index (κ1) is 16.0. The molecule has 0 saturated heterocycles. The number of nitrogens with one attached hydrogen (secondary N) is 1. The Kier molecular flexibility index (Phi) is 4.47. The molecule has 4 heteroatoms. The molecular formula is C20H20N2O2. The lowest BCUT2D eigenvalue weighted by molar-refractivity contribution is 0.0697. The molecular weight excluding hydrogens is 300 g/mol. The van der Waals surface area contributed by atoms with Gasteiger partial charge in [-0.15, -0.1) is 0 Å². The fourth-order valence-corrected chi connectivity index (χ4v) is 2.72. The maximum Gasteiger partial charge on any atom is 0.335 e. The summed E-state index contributed by atoms with van der Waals surface area (Å²) in [6, 6.07) is 17.2. The molecule has 2 N–H and O–H groups in total. The molecule has 3 rings (SSSR count). The van der Waals surface area contributed by atoms with Crippen LogP contribution in [0.1, 0.15) is 29.8 Å². The summed E-state index contributed by atoms with van der Waals surface area (Å²) in [4.78, 5) is 11.1. The smallest absolute Gasteiger partial charge is 0.335 e. The molecule has 0 atom stereocenters. The highest BCUT2D eigenvalue weighted by atomic mass is 16.4. The molecule has 0 fully saturated rings. The number of hydrogen-bond acceptors (Lipinski definition) is 2. The highest BCUT2D eigenvalue weighted by Crippen LogP contribution is 2.25. The van der Waals surface area contributed by atoms with Gasteiger partial charge in [-0.3, -0.25) is 5.10 Å². The second-order valence-electron chi connectivity index (χ2n) is 6.35. The number of benzene rings is 2. The van der Waals surface area contributed by atoms with Gasteiger partial charge in [0.15, 0.2) is 0 Å². The SMILES string of the molecule is CC(C)Cc1ccc(-c2cc(-c3cccc(C(=O)O)c3)n[nH]2)cc1. The predicted molar refractivity (Wildman–Crippen MR) is 95.0 cm³/mol. The van der Waals surface area contributed by atoms with E-state index >= 15 is 0 Å². The average molecular weight is 320 g/mol. The van der Waals surface area contributed by atoms with E-state index in [-0.39, 0.29) is 5.56 Å². The summed E-state index contributed by atoms with van der Waals surface area (Å²) in [6.07, 6.45) is 1.07. The maximum absolute atomic E-state index is 11.1. The number of carboxylic acids is 1. The number of nitrogens with zero attached hydrogens (tertiary/aromatic N) is 1. The lowest BCUT2D eigenvalue weighted by Gasteiger charge is -2.05. The van der Waals surface area contributed by atoms with Crippen LogP contribution in [0.25, 0.3) is 22.5 Å². The lowest BCUT2D eigenvalue weighted by atomic mass is 10.0. The minimum absolute atomic E-state index is 0.259. The predicted octanol–water partition coefficient (Wildman–Crippen LogP) is 4.64. The van der Waals surface area contributed by atoms with Gasteiger partial charge < -0.3 is 5.11 Å². The zero-order valence-corrected chi connectivity index (χ0v) is 13.8. The van der Waals surface area contributed by atoms with Crippen molar-refractivity contribution in [2.45, 2.75) is 20.3 Å². The van der Waals surface area contributed by atoms with E-state index in [2.05, 4.69) is 48.3 Å². The number of aromatic amines is 1. The van der Waals surface area contributed by atoms with E-state index in [0.29, 0.717) is 5.92 Å². The van der Waals surface area contributed by atoms with Gasteiger partial charge in [-0.05, 0) is 41.7 Å². The summed E-state index contributed by atoms with van der Waals surface area (Å²) in [6.45, 7) is 4.42. The fourth-order valence-electron chi connectivity index (χ4n) is 2.72. The van der Waals surface area contributed by atoms with E-state index < -0.39 is 5.97 Å². The van der Waals surface area contributed by atoms with Crippen molar-refractivity contribution in [3.8, 4) is 22.5 Å². The van der Waals surface area contributed by atoms with E-state index in [1.807, 2.05) is 12.1 Å². The van der Waals surface area contributed by atoms with Crippen molar-refractivity contribution in [3.63, 3.8) is 0 Å². The second kappa shape index (κ2) is 6.71. The summed E-state index contributed by atoms with van der Waals surface area (Å²) < 4.78 is 0. The van der Waals surface area contributed by atoms with E-state index in [9.17, 15) is 4.79 Å². The summed E-state index contributed by atoms with van der Waals surface area (Å²) in [5.41, 5.74) is 5.09. The molecule has 4 nitrogen and oxygen atoms in total. The van der Waals surface area contributed by atoms with Crippen LogP contribution >= 0.6 is 0 Å². The van der Waals surface area contributed by atoms with Crippen molar-refractivity contribution in [2.24, 2.45) is 5.92 Å². The Morgan fingerprint density at radius 2 is 1.83 bits per heavy atom. The summed E-state index contributed by atoms with van der Waals surface area (Å²) >= 11 is 0. The number of carboxylic acid groups (broad SMARTS) is 1. The number of hydrogen-bond donors (Lipinski definition) is 2. The van der Waals surface area contributed by atoms with Crippen LogP contribution < -0.4 is 0 Å². The molecule has 0 radical (unpaired) electrons. The van der Waals surface area contributed by atoms with Crippen LogP contribution in [0.2, 0.25) is 0 Å². The van der Waals surface area contributed by atoms with Crippen LogP contribution in [0.15, 0.2) is 54.6 Å². The van der Waals surface area contributed by atoms with Gasteiger partial charge in [-0.1, -0.05) is 50.2 Å². The first-order valence-electron chi connectivity index (χ1n) is 8.01. The third-order valence-corrected chi connectivity index (χ3v) is 3.89. The average Bonchev–Trinajstić information content (AvgIpc) is 3.05. The van der Waals surface area contributed by atoms with Crippen molar-refractivity contribution < 1.29 is 9.90 Å². The first-order valence-corrected chi connectivity index (χ1v) is 8.01. The van der Waals surface area contributed by atoms with Crippen LogP contribution in [0.5, 0.6) is 0 Å². The molecule has 24 heavy (non-hydrogen) atoms. The highest BCUT2D eigenvalue weighted by Gasteiger charge is 2.09. The lowest BCUT2D eigenvalue weighted by Crippen LogP contribution is -1.95. The monoisotopic (exact) mass is 320 g/mol.